The maximum Gasteiger partial charge on any atom is 0.335 e. The number of carbonyl (C=O) groups excluding carboxylic acids is 1. The molecule has 0 aliphatic rings. The number of esters is 1. The zero-order chi connectivity index (χ0) is 26.1. The molecule has 0 bridgehead atoms. The van der Waals surface area contributed by atoms with Crippen LogP contribution in [0.25, 0.3) is 11.1 Å². The molecule has 0 aromatic heterocycles. The Morgan fingerprint density at radius 1 is 0.857 bits per heavy atom. The number of carboxylic acids is 1. The van der Waals surface area contributed by atoms with Crippen molar-refractivity contribution in [3.05, 3.63) is 54.1 Å². The van der Waals surface area contributed by atoms with Gasteiger partial charge in [-0.2, -0.15) is 0 Å². The molecule has 0 fully saturated rings. The van der Waals surface area contributed by atoms with E-state index in [-0.39, 0.29) is 23.6 Å². The molecule has 0 heterocycles. The molecule has 0 aliphatic heterocycles. The molecule has 0 saturated heterocycles. The second-order valence-electron chi connectivity index (χ2n) is 10.2. The Bertz CT molecular complexity index is 946. The maximum atomic E-state index is 12.9. The molecule has 6 nitrogen and oxygen atoms in total. The second-order valence-corrected chi connectivity index (χ2v) is 10.2. The molecule has 0 saturated carbocycles. The minimum atomic E-state index is -0.939. The Morgan fingerprint density at radius 2 is 1.40 bits per heavy atom. The van der Waals surface area contributed by atoms with Crippen molar-refractivity contribution in [3.8, 4) is 16.9 Å². The lowest BCUT2D eigenvalue weighted by Gasteiger charge is -2.42. The van der Waals surface area contributed by atoms with E-state index in [0.717, 1.165) is 29.7 Å². The highest BCUT2D eigenvalue weighted by molar-refractivity contribution is 5.88. The molecular formula is C29H40O6. The average Bonchev–Trinajstić information content (AvgIpc) is 2.83. The van der Waals surface area contributed by atoms with Gasteiger partial charge in [-0.05, 0) is 66.5 Å². The number of ether oxygens (including phenoxy) is 3. The van der Waals surface area contributed by atoms with Crippen LogP contribution < -0.4 is 4.74 Å². The predicted molar refractivity (Wildman–Crippen MR) is 138 cm³/mol. The predicted octanol–water partition coefficient (Wildman–Crippen LogP) is 6.48. The van der Waals surface area contributed by atoms with Gasteiger partial charge in [0.15, 0.2) is 0 Å². The zero-order valence-corrected chi connectivity index (χ0v) is 21.9. The van der Waals surface area contributed by atoms with Crippen LogP contribution in [0.1, 0.15) is 64.7 Å². The summed E-state index contributed by atoms with van der Waals surface area (Å²) in [6.07, 6.45) is 1.69. The van der Waals surface area contributed by atoms with Crippen molar-refractivity contribution in [1.82, 2.24) is 0 Å². The van der Waals surface area contributed by atoms with Crippen molar-refractivity contribution in [2.75, 3.05) is 26.4 Å². The summed E-state index contributed by atoms with van der Waals surface area (Å²) in [5.41, 5.74) is 1.48. The highest BCUT2D eigenvalue weighted by Crippen LogP contribution is 2.46. The van der Waals surface area contributed by atoms with Crippen LogP contribution in [0.4, 0.5) is 0 Å². The van der Waals surface area contributed by atoms with Gasteiger partial charge in [0.2, 0.25) is 0 Å². The van der Waals surface area contributed by atoms with Gasteiger partial charge in [0.1, 0.15) is 19.0 Å². The van der Waals surface area contributed by atoms with Crippen molar-refractivity contribution in [2.45, 2.75) is 54.4 Å². The topological polar surface area (TPSA) is 82.1 Å². The first-order valence-electron chi connectivity index (χ1n) is 12.3. The largest absolute Gasteiger partial charge is 0.491 e. The zero-order valence-electron chi connectivity index (χ0n) is 21.9. The molecule has 0 aliphatic carbocycles. The van der Waals surface area contributed by atoms with Crippen LogP contribution in [-0.4, -0.2) is 43.5 Å². The van der Waals surface area contributed by atoms with Crippen LogP contribution in [0, 0.1) is 16.7 Å². The smallest absolute Gasteiger partial charge is 0.335 e. The van der Waals surface area contributed by atoms with E-state index < -0.39 is 11.4 Å². The van der Waals surface area contributed by atoms with Crippen molar-refractivity contribution >= 4 is 11.9 Å². The van der Waals surface area contributed by atoms with E-state index in [1.54, 1.807) is 24.3 Å². The summed E-state index contributed by atoms with van der Waals surface area (Å²) < 4.78 is 16.9. The molecule has 192 valence electrons. The Kier molecular flexibility index (Phi) is 10.3. The first-order chi connectivity index (χ1) is 16.5. The lowest BCUT2D eigenvalue weighted by molar-refractivity contribution is -0.166. The van der Waals surface area contributed by atoms with Crippen molar-refractivity contribution < 1.29 is 28.9 Å². The minimum absolute atomic E-state index is 0.152. The number of rotatable bonds is 14. The Labute approximate surface area is 209 Å². The highest BCUT2D eigenvalue weighted by Gasteiger charge is 2.47. The quantitative estimate of drug-likeness (QED) is 0.244. The number of carbonyl (C=O) groups is 2. The summed E-state index contributed by atoms with van der Waals surface area (Å²) in [6.45, 7) is 14.0. The molecule has 1 N–H and O–H groups in total. The molecule has 2 aromatic rings. The molecule has 35 heavy (non-hydrogen) atoms. The van der Waals surface area contributed by atoms with E-state index in [4.69, 9.17) is 19.3 Å². The van der Waals surface area contributed by atoms with Gasteiger partial charge in [0.05, 0.1) is 24.2 Å². The molecule has 0 radical (unpaired) electrons. The molecule has 0 amide bonds. The molecule has 1 atom stereocenters. The summed E-state index contributed by atoms with van der Waals surface area (Å²) in [4.78, 5) is 23.9. The number of benzene rings is 2. The molecule has 2 rings (SSSR count). The fourth-order valence-corrected chi connectivity index (χ4v) is 4.06. The SMILES string of the molecule is CCC(C)(C)C(C)(CC(C)C)C(=O)OCCOCCOc1ccc(-c2ccc(C(=O)O)cc2)cc1. The van der Waals surface area contributed by atoms with Crippen LogP contribution >= 0.6 is 0 Å². The van der Waals surface area contributed by atoms with Crippen LogP contribution in [-0.2, 0) is 14.3 Å². The summed E-state index contributed by atoms with van der Waals surface area (Å²) in [7, 11) is 0. The van der Waals surface area contributed by atoms with Gasteiger partial charge in [-0.3, -0.25) is 4.79 Å². The van der Waals surface area contributed by atoms with Gasteiger partial charge in [0, 0.05) is 0 Å². The minimum Gasteiger partial charge on any atom is -0.491 e. The van der Waals surface area contributed by atoms with Gasteiger partial charge in [-0.1, -0.05) is 58.9 Å². The summed E-state index contributed by atoms with van der Waals surface area (Å²) >= 11 is 0. The van der Waals surface area contributed by atoms with Gasteiger partial charge in [-0.25, -0.2) is 4.79 Å². The van der Waals surface area contributed by atoms with Crippen LogP contribution in [0.5, 0.6) is 5.75 Å². The third kappa shape index (κ3) is 7.82. The first-order valence-corrected chi connectivity index (χ1v) is 12.3. The summed E-state index contributed by atoms with van der Waals surface area (Å²) in [5, 5.41) is 9.01. The van der Waals surface area contributed by atoms with E-state index >= 15 is 0 Å². The molecule has 0 spiro atoms. The van der Waals surface area contributed by atoms with Crippen LogP contribution in [0.2, 0.25) is 0 Å². The van der Waals surface area contributed by atoms with E-state index in [2.05, 4.69) is 34.6 Å². The van der Waals surface area contributed by atoms with Gasteiger partial charge < -0.3 is 19.3 Å². The number of hydrogen-bond acceptors (Lipinski definition) is 5. The number of carboxylic acid groups (broad SMARTS) is 1. The maximum absolute atomic E-state index is 12.9. The normalized spacial score (nSPS) is 13.3. The Balaban J connectivity index is 1.73. The van der Waals surface area contributed by atoms with Gasteiger partial charge in [-0.15, -0.1) is 0 Å². The van der Waals surface area contributed by atoms with Gasteiger partial charge in [0.25, 0.3) is 0 Å². The lowest BCUT2D eigenvalue weighted by Crippen LogP contribution is -2.44. The van der Waals surface area contributed by atoms with E-state index in [9.17, 15) is 9.59 Å². The fraction of sp³-hybridized carbons (Fsp3) is 0.517. The van der Waals surface area contributed by atoms with E-state index in [1.165, 1.54) is 0 Å². The monoisotopic (exact) mass is 484 g/mol. The van der Waals surface area contributed by atoms with Crippen molar-refractivity contribution in [1.29, 1.82) is 0 Å². The van der Waals surface area contributed by atoms with Gasteiger partial charge >= 0.3 is 11.9 Å². The van der Waals surface area contributed by atoms with Crippen LogP contribution in [0.15, 0.2) is 48.5 Å². The average molecular weight is 485 g/mol. The van der Waals surface area contributed by atoms with Crippen molar-refractivity contribution in [2.24, 2.45) is 16.7 Å². The third-order valence-electron chi connectivity index (χ3n) is 6.92. The molecule has 6 heteroatoms. The number of hydrogen-bond donors (Lipinski definition) is 1. The first kappa shape index (κ1) is 28.4. The lowest BCUT2D eigenvalue weighted by atomic mass is 9.62. The van der Waals surface area contributed by atoms with E-state index in [0.29, 0.717) is 25.7 Å². The highest BCUT2D eigenvalue weighted by atomic mass is 16.6. The molecular weight excluding hydrogens is 444 g/mol. The fourth-order valence-electron chi connectivity index (χ4n) is 4.06. The summed E-state index contributed by atoms with van der Waals surface area (Å²) in [6, 6.07) is 14.3. The van der Waals surface area contributed by atoms with Crippen molar-refractivity contribution in [3.63, 3.8) is 0 Å². The molecule has 1 unspecified atom stereocenters. The van der Waals surface area contributed by atoms with Crippen LogP contribution in [0.3, 0.4) is 0 Å². The number of aromatic carboxylic acids is 1. The standard InChI is InChI=1S/C29H40O6/c1-7-28(4,5)29(6,20-21(2)3)27(32)35-19-17-33-16-18-34-25-14-12-23(13-15-25)22-8-10-24(11-9-22)26(30)31/h8-15,21H,7,16-20H2,1-6H3,(H,30,31). The third-order valence-corrected chi connectivity index (χ3v) is 6.92. The molecule has 2 aromatic carbocycles. The second kappa shape index (κ2) is 12.7. The Hall–Kier alpha value is -2.86. The van der Waals surface area contributed by atoms with E-state index in [1.807, 2.05) is 31.2 Å². The Morgan fingerprint density at radius 3 is 1.91 bits per heavy atom. The summed E-state index contributed by atoms with van der Waals surface area (Å²) in [5.74, 6) is 0.0248.